The zero-order chi connectivity index (χ0) is 29.9. The molecular formula is C40H26N4S. The monoisotopic (exact) mass is 594 g/mol. The van der Waals surface area contributed by atoms with Crippen LogP contribution in [0, 0.1) is 0 Å². The van der Waals surface area contributed by atoms with Crippen molar-refractivity contribution >= 4 is 64.2 Å². The van der Waals surface area contributed by atoms with Crippen molar-refractivity contribution in [1.29, 1.82) is 0 Å². The van der Waals surface area contributed by atoms with E-state index in [1.165, 1.54) is 48.5 Å². The van der Waals surface area contributed by atoms with E-state index in [0.29, 0.717) is 5.95 Å². The minimum absolute atomic E-state index is 0.0433. The second-order valence-corrected chi connectivity index (χ2v) is 13.5. The van der Waals surface area contributed by atoms with E-state index in [9.17, 15) is 0 Å². The van der Waals surface area contributed by atoms with Crippen LogP contribution in [0.5, 0.6) is 0 Å². The van der Waals surface area contributed by atoms with Gasteiger partial charge >= 0.3 is 0 Å². The first kappa shape index (κ1) is 25.0. The Morgan fingerprint density at radius 2 is 1.49 bits per heavy atom. The highest BCUT2D eigenvalue weighted by Crippen LogP contribution is 2.52. The standard InChI is InChI=1S/C40H26N4S/c1-40(2)30-14-6-3-12-26(30)35-28-21-29-25-11-4-7-15-32(25)44(33(29)20-23(28)17-18-31(35)40)39-42-36(24-10-9-19-41-22-24)38-37(43-39)27-13-5-8-16-34(27)45-38/h3-22H,1-2H3. The largest absolute Gasteiger partial charge is 0.278 e. The first-order valence-electron chi connectivity index (χ1n) is 15.3. The Morgan fingerprint density at radius 1 is 0.667 bits per heavy atom. The molecule has 5 aromatic carbocycles. The fourth-order valence-corrected chi connectivity index (χ4v) is 8.74. The lowest BCUT2D eigenvalue weighted by Gasteiger charge is -2.21. The maximum atomic E-state index is 5.32. The molecule has 1 aliphatic rings. The summed E-state index contributed by atoms with van der Waals surface area (Å²) in [4.78, 5) is 15.1. The Bertz CT molecular complexity index is 2680. The second-order valence-electron chi connectivity index (χ2n) is 12.5. The quantitative estimate of drug-likeness (QED) is 0.200. The number of pyridine rings is 1. The van der Waals surface area contributed by atoms with Crippen LogP contribution in [0.3, 0.4) is 0 Å². The van der Waals surface area contributed by atoms with Crippen LogP contribution < -0.4 is 0 Å². The van der Waals surface area contributed by atoms with E-state index in [4.69, 9.17) is 9.97 Å². The number of thiophene rings is 1. The van der Waals surface area contributed by atoms with Gasteiger partial charge in [-0.3, -0.25) is 9.55 Å². The molecule has 45 heavy (non-hydrogen) atoms. The van der Waals surface area contributed by atoms with Gasteiger partial charge in [-0.2, -0.15) is 0 Å². The molecule has 10 rings (SSSR count). The molecule has 0 atom stereocenters. The molecule has 0 unspecified atom stereocenters. The number of hydrogen-bond donors (Lipinski definition) is 0. The molecular weight excluding hydrogens is 569 g/mol. The highest BCUT2D eigenvalue weighted by atomic mass is 32.1. The summed E-state index contributed by atoms with van der Waals surface area (Å²) >= 11 is 1.74. The molecule has 0 amide bonds. The van der Waals surface area contributed by atoms with E-state index in [2.05, 4.69) is 127 Å². The van der Waals surface area contributed by atoms with E-state index in [1.807, 2.05) is 18.5 Å². The number of hydrogen-bond acceptors (Lipinski definition) is 4. The van der Waals surface area contributed by atoms with Crippen LogP contribution >= 0.6 is 11.3 Å². The molecule has 0 fully saturated rings. The van der Waals surface area contributed by atoms with Gasteiger partial charge in [0.25, 0.3) is 0 Å². The van der Waals surface area contributed by atoms with Crippen molar-refractivity contribution in [2.24, 2.45) is 0 Å². The van der Waals surface area contributed by atoms with Gasteiger partial charge in [-0.25, -0.2) is 9.97 Å². The number of aromatic nitrogens is 4. The summed E-state index contributed by atoms with van der Waals surface area (Å²) in [7, 11) is 0. The van der Waals surface area contributed by atoms with Crippen LogP contribution in [0.2, 0.25) is 0 Å². The van der Waals surface area contributed by atoms with Crippen LogP contribution in [0.1, 0.15) is 25.0 Å². The first-order valence-corrected chi connectivity index (χ1v) is 16.1. The van der Waals surface area contributed by atoms with Crippen LogP contribution in [-0.2, 0) is 5.41 Å². The lowest BCUT2D eigenvalue weighted by Crippen LogP contribution is -2.14. The average Bonchev–Trinajstić information content (AvgIpc) is 3.69. The van der Waals surface area contributed by atoms with Gasteiger partial charge in [0, 0.05) is 44.2 Å². The number of nitrogens with zero attached hydrogens (tertiary/aromatic N) is 4. The molecule has 5 heteroatoms. The number of para-hydroxylation sites is 1. The Hall–Kier alpha value is -5.39. The lowest BCUT2D eigenvalue weighted by molar-refractivity contribution is 0.661. The highest BCUT2D eigenvalue weighted by molar-refractivity contribution is 7.26. The number of rotatable bonds is 2. The zero-order valence-electron chi connectivity index (χ0n) is 24.7. The topological polar surface area (TPSA) is 43.6 Å². The van der Waals surface area contributed by atoms with Gasteiger partial charge in [-0.15, -0.1) is 11.3 Å². The van der Waals surface area contributed by atoms with E-state index >= 15 is 0 Å². The van der Waals surface area contributed by atoms with Gasteiger partial charge in [-0.1, -0.05) is 86.6 Å². The highest BCUT2D eigenvalue weighted by Gasteiger charge is 2.36. The fraction of sp³-hybridized carbons (Fsp3) is 0.0750. The van der Waals surface area contributed by atoms with Crippen LogP contribution in [-0.4, -0.2) is 19.5 Å². The van der Waals surface area contributed by atoms with Crippen LogP contribution in [0.15, 0.2) is 122 Å². The van der Waals surface area contributed by atoms with Gasteiger partial charge in [-0.05, 0) is 69.4 Å². The van der Waals surface area contributed by atoms with E-state index in [1.54, 1.807) is 11.3 Å². The summed E-state index contributed by atoms with van der Waals surface area (Å²) < 4.78 is 4.53. The van der Waals surface area contributed by atoms with E-state index < -0.39 is 0 Å². The van der Waals surface area contributed by atoms with Crippen molar-refractivity contribution in [3.63, 3.8) is 0 Å². The third kappa shape index (κ3) is 3.33. The first-order chi connectivity index (χ1) is 22.1. The predicted octanol–water partition coefficient (Wildman–Crippen LogP) is 10.5. The molecule has 9 aromatic rings. The number of benzene rings is 5. The van der Waals surface area contributed by atoms with E-state index in [0.717, 1.165) is 37.9 Å². The summed E-state index contributed by atoms with van der Waals surface area (Å²) in [6, 6.07) is 39.5. The average molecular weight is 595 g/mol. The lowest BCUT2D eigenvalue weighted by atomic mass is 9.82. The maximum Gasteiger partial charge on any atom is 0.235 e. The minimum atomic E-state index is -0.0433. The van der Waals surface area contributed by atoms with Crippen molar-refractivity contribution in [3.8, 4) is 28.3 Å². The van der Waals surface area contributed by atoms with Crippen LogP contribution in [0.25, 0.3) is 81.2 Å². The zero-order valence-corrected chi connectivity index (χ0v) is 25.6. The third-order valence-corrected chi connectivity index (χ3v) is 10.9. The smallest absolute Gasteiger partial charge is 0.235 e. The Balaban J connectivity index is 1.33. The normalized spacial score (nSPS) is 13.7. The summed E-state index contributed by atoms with van der Waals surface area (Å²) in [6.07, 6.45) is 3.71. The van der Waals surface area contributed by atoms with Crippen molar-refractivity contribution in [2.75, 3.05) is 0 Å². The van der Waals surface area contributed by atoms with Crippen molar-refractivity contribution in [2.45, 2.75) is 19.3 Å². The van der Waals surface area contributed by atoms with Gasteiger partial charge in [0.1, 0.15) is 0 Å². The molecule has 0 saturated carbocycles. The molecule has 0 radical (unpaired) electrons. The van der Waals surface area contributed by atoms with Crippen LogP contribution in [0.4, 0.5) is 0 Å². The fourth-order valence-electron chi connectivity index (χ4n) is 7.58. The third-order valence-electron chi connectivity index (χ3n) is 9.70. The van der Waals surface area contributed by atoms with Gasteiger partial charge in [0.2, 0.25) is 5.95 Å². The SMILES string of the molecule is CC1(C)c2ccccc2-c2c1ccc1cc3c(cc21)c1ccccc1n3-c1nc(-c2cccnc2)c2sc3ccccc3c2n1. The molecule has 0 spiro atoms. The van der Waals surface area contributed by atoms with Crippen molar-refractivity contribution in [1.82, 2.24) is 19.5 Å². The second kappa shape index (κ2) is 8.84. The van der Waals surface area contributed by atoms with Crippen molar-refractivity contribution in [3.05, 3.63) is 133 Å². The summed E-state index contributed by atoms with van der Waals surface area (Å²) in [5, 5.41) is 6.05. The Labute approximate surface area is 263 Å². The molecule has 0 N–H and O–H groups in total. The maximum absolute atomic E-state index is 5.32. The Morgan fingerprint density at radius 3 is 2.38 bits per heavy atom. The molecule has 1 aliphatic carbocycles. The molecule has 4 heterocycles. The van der Waals surface area contributed by atoms with Gasteiger partial charge < -0.3 is 0 Å². The van der Waals surface area contributed by atoms with Gasteiger partial charge in [0.05, 0.1) is 26.9 Å². The molecule has 212 valence electrons. The van der Waals surface area contributed by atoms with E-state index in [-0.39, 0.29) is 5.41 Å². The molecule has 4 aromatic heterocycles. The van der Waals surface area contributed by atoms with Crippen molar-refractivity contribution < 1.29 is 0 Å². The Kier molecular flexibility index (Phi) is 4.91. The predicted molar refractivity (Wildman–Crippen MR) is 188 cm³/mol. The summed E-state index contributed by atoms with van der Waals surface area (Å²) in [6.45, 7) is 4.69. The molecule has 4 nitrogen and oxygen atoms in total. The molecule has 0 saturated heterocycles. The summed E-state index contributed by atoms with van der Waals surface area (Å²) in [5.41, 5.74) is 10.5. The number of fused-ring (bicyclic) bond motifs is 11. The summed E-state index contributed by atoms with van der Waals surface area (Å²) in [5.74, 6) is 0.670. The van der Waals surface area contributed by atoms with Gasteiger partial charge in [0.15, 0.2) is 0 Å². The molecule has 0 bridgehead atoms. The minimum Gasteiger partial charge on any atom is -0.278 e. The molecule has 0 aliphatic heterocycles.